The number of likely N-dealkylation sites (N-methyl/N-ethyl adjacent to an activating group) is 1. The van der Waals surface area contributed by atoms with Crippen LogP contribution in [-0.2, 0) is 4.79 Å². The Morgan fingerprint density at radius 3 is 2.57 bits per heavy atom. The molecule has 0 aliphatic carbocycles. The Morgan fingerprint density at radius 1 is 1.29 bits per heavy atom. The summed E-state index contributed by atoms with van der Waals surface area (Å²) in [4.78, 5) is 27.2. The molecule has 1 heterocycles. The fourth-order valence-electron chi connectivity index (χ4n) is 2.29. The molecule has 0 spiro atoms. The van der Waals surface area contributed by atoms with Crippen LogP contribution in [0.15, 0.2) is 18.2 Å². The number of para-hydroxylation sites is 1. The molecule has 0 aromatic heterocycles. The molecule has 0 radical (unpaired) electrons. The highest BCUT2D eigenvalue weighted by atomic mass is 19.1. The van der Waals surface area contributed by atoms with E-state index in [9.17, 15) is 14.0 Å². The number of hydrogen-bond acceptors (Lipinski definition) is 4. The van der Waals surface area contributed by atoms with Crippen molar-refractivity contribution in [3.8, 4) is 0 Å². The third-order valence-corrected chi connectivity index (χ3v) is 3.59. The Morgan fingerprint density at radius 2 is 1.95 bits per heavy atom. The maximum atomic E-state index is 13.4. The van der Waals surface area contributed by atoms with Gasteiger partial charge in [0.15, 0.2) is 0 Å². The second-order valence-corrected chi connectivity index (χ2v) is 4.94. The van der Waals surface area contributed by atoms with Crippen LogP contribution in [0.3, 0.4) is 0 Å². The van der Waals surface area contributed by atoms with Crippen molar-refractivity contribution >= 4 is 17.5 Å². The zero-order valence-corrected chi connectivity index (χ0v) is 11.9. The largest absolute Gasteiger partial charge is 0.396 e. The molecule has 2 rings (SSSR count). The maximum Gasteiger partial charge on any atom is 0.256 e. The molecule has 1 saturated heterocycles. The first-order chi connectivity index (χ1) is 10.0. The number of nitrogens with zero attached hydrogens (tertiary/aromatic N) is 2. The van der Waals surface area contributed by atoms with Crippen LogP contribution in [0.1, 0.15) is 10.4 Å². The smallest absolute Gasteiger partial charge is 0.256 e. The molecule has 0 bridgehead atoms. The average Bonchev–Trinajstić information content (AvgIpc) is 2.50. The van der Waals surface area contributed by atoms with Gasteiger partial charge in [-0.3, -0.25) is 14.5 Å². The van der Waals surface area contributed by atoms with E-state index in [0.29, 0.717) is 32.7 Å². The predicted molar refractivity (Wildman–Crippen MR) is 77.2 cm³/mol. The number of nitrogen functional groups attached to an aromatic ring is 1. The molecule has 6 nitrogen and oxygen atoms in total. The number of rotatable bonds is 3. The first kappa shape index (κ1) is 15.2. The number of amides is 2. The summed E-state index contributed by atoms with van der Waals surface area (Å²) in [6.07, 6.45) is 0. The molecule has 1 aromatic carbocycles. The van der Waals surface area contributed by atoms with Crippen molar-refractivity contribution in [1.82, 2.24) is 15.1 Å². The highest BCUT2D eigenvalue weighted by Gasteiger charge is 2.24. The van der Waals surface area contributed by atoms with Gasteiger partial charge in [0.1, 0.15) is 5.82 Å². The van der Waals surface area contributed by atoms with E-state index in [4.69, 9.17) is 5.73 Å². The Bertz CT molecular complexity index is 542. The summed E-state index contributed by atoms with van der Waals surface area (Å²) >= 11 is 0. The molecule has 1 fully saturated rings. The van der Waals surface area contributed by atoms with Gasteiger partial charge in [0.05, 0.1) is 17.8 Å². The number of carbonyl (C=O) groups is 2. The molecule has 1 aromatic rings. The number of benzene rings is 1. The molecule has 2 amide bonds. The van der Waals surface area contributed by atoms with E-state index in [1.807, 2.05) is 4.90 Å². The summed E-state index contributed by atoms with van der Waals surface area (Å²) in [6.45, 7) is 2.51. The van der Waals surface area contributed by atoms with Crippen LogP contribution in [0.2, 0.25) is 0 Å². The van der Waals surface area contributed by atoms with Gasteiger partial charge in [0.2, 0.25) is 5.91 Å². The van der Waals surface area contributed by atoms with Gasteiger partial charge in [-0.15, -0.1) is 0 Å². The van der Waals surface area contributed by atoms with E-state index in [0.717, 1.165) is 0 Å². The summed E-state index contributed by atoms with van der Waals surface area (Å²) in [5.41, 5.74) is 5.69. The molecule has 3 N–H and O–H groups in total. The van der Waals surface area contributed by atoms with E-state index in [1.165, 1.54) is 18.2 Å². The van der Waals surface area contributed by atoms with Crippen molar-refractivity contribution in [1.29, 1.82) is 0 Å². The minimum absolute atomic E-state index is 0.0517. The fourth-order valence-corrected chi connectivity index (χ4v) is 2.29. The van der Waals surface area contributed by atoms with Crippen LogP contribution in [0, 0.1) is 5.82 Å². The quantitative estimate of drug-likeness (QED) is 0.764. The van der Waals surface area contributed by atoms with E-state index in [-0.39, 0.29) is 23.1 Å². The highest BCUT2D eigenvalue weighted by molar-refractivity contribution is 5.99. The summed E-state index contributed by atoms with van der Waals surface area (Å²) in [7, 11) is 1.59. The van der Waals surface area contributed by atoms with Crippen LogP contribution >= 0.6 is 0 Å². The van der Waals surface area contributed by atoms with Crippen molar-refractivity contribution in [3.05, 3.63) is 29.6 Å². The molecule has 1 aliphatic rings. The van der Waals surface area contributed by atoms with E-state index in [1.54, 1.807) is 11.9 Å². The van der Waals surface area contributed by atoms with Crippen molar-refractivity contribution in [3.63, 3.8) is 0 Å². The Balaban J connectivity index is 1.97. The molecular formula is C14H19FN4O2. The molecule has 1 aliphatic heterocycles. The van der Waals surface area contributed by atoms with Gasteiger partial charge in [-0.25, -0.2) is 4.39 Å². The second kappa shape index (κ2) is 6.53. The van der Waals surface area contributed by atoms with Gasteiger partial charge in [0.25, 0.3) is 5.91 Å². The minimum Gasteiger partial charge on any atom is -0.396 e. The Kier molecular flexibility index (Phi) is 4.74. The standard InChI is InChI=1S/C14H19FN4O2/c1-17-12(20)9-18-5-7-19(8-6-18)14(21)10-3-2-4-11(15)13(10)16/h2-4H,5-9,16H2,1H3,(H,17,20). The monoisotopic (exact) mass is 294 g/mol. The molecule has 114 valence electrons. The van der Waals surface area contributed by atoms with Crippen LogP contribution < -0.4 is 11.1 Å². The van der Waals surface area contributed by atoms with Gasteiger partial charge in [0, 0.05) is 33.2 Å². The van der Waals surface area contributed by atoms with E-state index >= 15 is 0 Å². The molecule has 7 heteroatoms. The second-order valence-electron chi connectivity index (χ2n) is 4.94. The molecule has 0 saturated carbocycles. The third kappa shape index (κ3) is 3.49. The van der Waals surface area contributed by atoms with Gasteiger partial charge >= 0.3 is 0 Å². The van der Waals surface area contributed by atoms with Gasteiger partial charge in [-0.2, -0.15) is 0 Å². The number of carbonyl (C=O) groups excluding carboxylic acids is 2. The molecule has 21 heavy (non-hydrogen) atoms. The zero-order chi connectivity index (χ0) is 15.4. The van der Waals surface area contributed by atoms with E-state index in [2.05, 4.69) is 5.32 Å². The third-order valence-electron chi connectivity index (χ3n) is 3.59. The lowest BCUT2D eigenvalue weighted by molar-refractivity contribution is -0.122. The van der Waals surface area contributed by atoms with Crippen molar-refractivity contribution < 1.29 is 14.0 Å². The Hall–Kier alpha value is -2.15. The number of halogens is 1. The number of nitrogens with two attached hydrogens (primary N) is 1. The first-order valence-electron chi connectivity index (χ1n) is 6.79. The molecular weight excluding hydrogens is 275 g/mol. The number of nitrogens with one attached hydrogen (secondary N) is 1. The van der Waals surface area contributed by atoms with Crippen molar-refractivity contribution in [2.45, 2.75) is 0 Å². The lowest BCUT2D eigenvalue weighted by atomic mass is 10.1. The van der Waals surface area contributed by atoms with Gasteiger partial charge in [-0.05, 0) is 12.1 Å². The molecule has 0 atom stereocenters. The average molecular weight is 294 g/mol. The van der Waals surface area contributed by atoms with Crippen LogP contribution in [-0.4, -0.2) is 61.4 Å². The minimum atomic E-state index is -0.584. The van der Waals surface area contributed by atoms with Crippen LogP contribution in [0.4, 0.5) is 10.1 Å². The SMILES string of the molecule is CNC(=O)CN1CCN(C(=O)c2cccc(F)c2N)CC1. The molecule has 0 unspecified atom stereocenters. The van der Waals surface area contributed by atoms with Crippen LogP contribution in [0.25, 0.3) is 0 Å². The van der Waals surface area contributed by atoms with Crippen molar-refractivity contribution in [2.75, 3.05) is 45.5 Å². The normalized spacial score (nSPS) is 15.8. The predicted octanol–water partition coefficient (Wildman–Crippen LogP) is -0.0883. The Labute approximate surface area is 122 Å². The maximum absolute atomic E-state index is 13.4. The highest BCUT2D eigenvalue weighted by Crippen LogP contribution is 2.18. The lowest BCUT2D eigenvalue weighted by Crippen LogP contribution is -2.51. The summed E-state index contributed by atoms with van der Waals surface area (Å²) in [5.74, 6) is -0.908. The summed E-state index contributed by atoms with van der Waals surface area (Å²) in [5, 5.41) is 2.57. The fraction of sp³-hybridized carbons (Fsp3) is 0.429. The van der Waals surface area contributed by atoms with Gasteiger partial charge < -0.3 is 16.0 Å². The van der Waals surface area contributed by atoms with Gasteiger partial charge in [-0.1, -0.05) is 6.07 Å². The van der Waals surface area contributed by atoms with Crippen molar-refractivity contribution in [2.24, 2.45) is 0 Å². The number of anilines is 1. The first-order valence-corrected chi connectivity index (χ1v) is 6.79. The number of hydrogen-bond donors (Lipinski definition) is 2. The lowest BCUT2D eigenvalue weighted by Gasteiger charge is -2.34. The zero-order valence-electron chi connectivity index (χ0n) is 11.9. The summed E-state index contributed by atoms with van der Waals surface area (Å²) in [6, 6.07) is 4.23. The van der Waals surface area contributed by atoms with E-state index < -0.39 is 5.82 Å². The topological polar surface area (TPSA) is 78.7 Å². The van der Waals surface area contributed by atoms with Crippen LogP contribution in [0.5, 0.6) is 0 Å². The number of piperazine rings is 1. The summed E-state index contributed by atoms with van der Waals surface area (Å²) < 4.78 is 13.4.